The topological polar surface area (TPSA) is 63.7 Å². The zero-order valence-corrected chi connectivity index (χ0v) is 15.8. The van der Waals surface area contributed by atoms with Gasteiger partial charge in [0, 0.05) is 6.54 Å². The lowest BCUT2D eigenvalue weighted by molar-refractivity contribution is 0.0482. The molecule has 1 heterocycles. The Labute approximate surface area is 158 Å². The number of carbonyl (C=O) groups excluding carboxylic acids is 3. The van der Waals surface area contributed by atoms with Gasteiger partial charge in [-0.15, -0.1) is 0 Å². The highest BCUT2D eigenvalue weighted by Crippen LogP contribution is 2.23. The molecular weight excluding hydrogens is 342 g/mol. The van der Waals surface area contributed by atoms with Crippen LogP contribution in [0, 0.1) is 0 Å². The fraction of sp³-hybridized carbons (Fsp3) is 0.318. The molecule has 2 aromatic rings. The van der Waals surface area contributed by atoms with E-state index in [2.05, 4.69) is 20.8 Å². The maximum Gasteiger partial charge on any atom is 0.338 e. The molecule has 0 spiro atoms. The molecular formula is C22H23NO4. The first-order chi connectivity index (χ1) is 12.8. The van der Waals surface area contributed by atoms with Gasteiger partial charge in [0.15, 0.2) is 0 Å². The molecule has 0 radical (unpaired) electrons. The molecule has 1 aliphatic rings. The summed E-state index contributed by atoms with van der Waals surface area (Å²) < 4.78 is 5.27. The Morgan fingerprint density at radius 2 is 1.48 bits per heavy atom. The van der Waals surface area contributed by atoms with Crippen LogP contribution in [0.1, 0.15) is 63.8 Å². The quantitative estimate of drug-likeness (QED) is 0.459. The number of rotatable bonds is 5. The molecule has 0 bridgehead atoms. The van der Waals surface area contributed by atoms with Gasteiger partial charge >= 0.3 is 5.97 Å². The summed E-state index contributed by atoms with van der Waals surface area (Å²) in [6, 6.07) is 14.1. The van der Waals surface area contributed by atoms with Gasteiger partial charge in [0.05, 0.1) is 23.3 Å². The van der Waals surface area contributed by atoms with Crippen molar-refractivity contribution < 1.29 is 19.1 Å². The zero-order valence-electron chi connectivity index (χ0n) is 15.8. The van der Waals surface area contributed by atoms with Crippen LogP contribution in [0.4, 0.5) is 0 Å². The number of benzene rings is 2. The second-order valence-electron chi connectivity index (χ2n) is 7.62. The Morgan fingerprint density at radius 1 is 0.926 bits per heavy atom. The molecule has 0 unspecified atom stereocenters. The molecule has 0 saturated heterocycles. The number of hydrogen-bond donors (Lipinski definition) is 0. The van der Waals surface area contributed by atoms with Crippen LogP contribution in [0.5, 0.6) is 0 Å². The highest BCUT2D eigenvalue weighted by atomic mass is 16.5. The summed E-state index contributed by atoms with van der Waals surface area (Å²) in [6.45, 7) is 6.70. The highest BCUT2D eigenvalue weighted by Gasteiger charge is 2.34. The first-order valence-electron chi connectivity index (χ1n) is 9.02. The number of ether oxygens (including phenoxy) is 1. The van der Waals surface area contributed by atoms with E-state index in [1.54, 1.807) is 36.4 Å². The van der Waals surface area contributed by atoms with Crippen LogP contribution < -0.4 is 0 Å². The average molecular weight is 365 g/mol. The Balaban J connectivity index is 1.50. The Bertz CT molecular complexity index is 843. The molecule has 0 fully saturated rings. The van der Waals surface area contributed by atoms with Gasteiger partial charge in [-0.25, -0.2) is 4.79 Å². The predicted octanol–water partition coefficient (Wildman–Crippen LogP) is 3.83. The van der Waals surface area contributed by atoms with E-state index in [0.717, 1.165) is 5.56 Å². The van der Waals surface area contributed by atoms with Crippen LogP contribution in [-0.2, 0) is 10.2 Å². The zero-order chi connectivity index (χ0) is 19.6. The summed E-state index contributed by atoms with van der Waals surface area (Å²) >= 11 is 0. The third-order valence-electron chi connectivity index (χ3n) is 4.62. The fourth-order valence-corrected chi connectivity index (χ4v) is 3.02. The maximum absolute atomic E-state index is 12.3. The normalized spacial score (nSPS) is 13.7. The van der Waals surface area contributed by atoms with E-state index in [1.165, 1.54) is 4.90 Å². The molecule has 2 aromatic carbocycles. The van der Waals surface area contributed by atoms with Crippen molar-refractivity contribution >= 4 is 17.8 Å². The maximum atomic E-state index is 12.3. The van der Waals surface area contributed by atoms with E-state index < -0.39 is 5.97 Å². The second kappa shape index (κ2) is 7.35. The molecule has 0 aliphatic carbocycles. The molecule has 0 atom stereocenters. The van der Waals surface area contributed by atoms with E-state index in [-0.39, 0.29) is 30.4 Å². The van der Waals surface area contributed by atoms with E-state index in [4.69, 9.17) is 4.74 Å². The predicted molar refractivity (Wildman–Crippen MR) is 102 cm³/mol. The molecule has 3 rings (SSSR count). The van der Waals surface area contributed by atoms with Crippen LogP contribution in [0.2, 0.25) is 0 Å². The van der Waals surface area contributed by atoms with Crippen molar-refractivity contribution in [1.29, 1.82) is 0 Å². The molecule has 140 valence electrons. The van der Waals surface area contributed by atoms with Gasteiger partial charge in [0.2, 0.25) is 0 Å². The molecule has 1 aliphatic heterocycles. The number of fused-ring (bicyclic) bond motifs is 1. The number of carbonyl (C=O) groups is 3. The molecule has 27 heavy (non-hydrogen) atoms. The Kier molecular flexibility index (Phi) is 5.13. The van der Waals surface area contributed by atoms with E-state index in [9.17, 15) is 14.4 Å². The Morgan fingerprint density at radius 3 is 2.00 bits per heavy atom. The SMILES string of the molecule is CC(C)(C)c1ccc(C(=O)OCCCN2C(=O)c3ccccc3C2=O)cc1. The summed E-state index contributed by atoms with van der Waals surface area (Å²) in [5.41, 5.74) is 2.51. The van der Waals surface area contributed by atoms with Crippen LogP contribution in [-0.4, -0.2) is 35.8 Å². The average Bonchev–Trinajstić information content (AvgIpc) is 2.89. The highest BCUT2D eigenvalue weighted by molar-refractivity contribution is 6.21. The lowest BCUT2D eigenvalue weighted by Gasteiger charge is -2.19. The van der Waals surface area contributed by atoms with Crippen molar-refractivity contribution in [1.82, 2.24) is 4.90 Å². The monoisotopic (exact) mass is 365 g/mol. The van der Waals surface area contributed by atoms with Gasteiger partial charge < -0.3 is 4.74 Å². The van der Waals surface area contributed by atoms with Crippen molar-refractivity contribution in [3.63, 3.8) is 0 Å². The second-order valence-corrected chi connectivity index (χ2v) is 7.62. The largest absolute Gasteiger partial charge is 0.462 e. The van der Waals surface area contributed by atoms with Crippen molar-refractivity contribution in [3.8, 4) is 0 Å². The minimum Gasteiger partial charge on any atom is -0.462 e. The summed E-state index contributed by atoms with van der Waals surface area (Å²) in [6.07, 6.45) is 0.400. The van der Waals surface area contributed by atoms with Crippen LogP contribution >= 0.6 is 0 Å². The molecule has 0 saturated carbocycles. The lowest BCUT2D eigenvalue weighted by Crippen LogP contribution is -2.31. The van der Waals surface area contributed by atoms with Crippen molar-refractivity contribution in [3.05, 3.63) is 70.8 Å². The van der Waals surface area contributed by atoms with Crippen molar-refractivity contribution in [2.24, 2.45) is 0 Å². The standard InChI is InChI=1S/C22H23NO4/c1-22(2,3)16-11-9-15(10-12-16)21(26)27-14-6-13-23-19(24)17-7-4-5-8-18(17)20(23)25/h4-5,7-12H,6,13-14H2,1-3H3. The first kappa shape index (κ1) is 18.8. The lowest BCUT2D eigenvalue weighted by atomic mass is 9.87. The minimum atomic E-state index is -0.405. The van der Waals surface area contributed by atoms with Crippen LogP contribution in [0.3, 0.4) is 0 Å². The van der Waals surface area contributed by atoms with E-state index in [1.807, 2.05) is 12.1 Å². The molecule has 0 aromatic heterocycles. The number of esters is 1. The van der Waals surface area contributed by atoms with Gasteiger partial charge in [0.1, 0.15) is 0 Å². The van der Waals surface area contributed by atoms with Crippen LogP contribution in [0.15, 0.2) is 48.5 Å². The Hall–Kier alpha value is -2.95. The van der Waals surface area contributed by atoms with E-state index in [0.29, 0.717) is 23.1 Å². The molecule has 5 heteroatoms. The molecule has 2 amide bonds. The van der Waals surface area contributed by atoms with Gasteiger partial charge in [0.25, 0.3) is 11.8 Å². The summed E-state index contributed by atoms with van der Waals surface area (Å²) in [5.74, 6) is -0.989. The van der Waals surface area contributed by atoms with Gasteiger partial charge in [-0.1, -0.05) is 45.0 Å². The summed E-state index contributed by atoms with van der Waals surface area (Å²) in [5, 5.41) is 0. The molecule has 5 nitrogen and oxygen atoms in total. The summed E-state index contributed by atoms with van der Waals surface area (Å²) in [4.78, 5) is 37.9. The number of nitrogens with zero attached hydrogens (tertiary/aromatic N) is 1. The fourth-order valence-electron chi connectivity index (χ4n) is 3.02. The first-order valence-corrected chi connectivity index (χ1v) is 9.02. The van der Waals surface area contributed by atoms with Crippen molar-refractivity contribution in [2.45, 2.75) is 32.6 Å². The summed E-state index contributed by atoms with van der Waals surface area (Å²) in [7, 11) is 0. The number of hydrogen-bond acceptors (Lipinski definition) is 4. The van der Waals surface area contributed by atoms with Gasteiger partial charge in [-0.3, -0.25) is 14.5 Å². The van der Waals surface area contributed by atoms with Crippen LogP contribution in [0.25, 0.3) is 0 Å². The number of amides is 2. The van der Waals surface area contributed by atoms with E-state index >= 15 is 0 Å². The smallest absolute Gasteiger partial charge is 0.338 e. The van der Waals surface area contributed by atoms with Crippen molar-refractivity contribution in [2.75, 3.05) is 13.2 Å². The third-order valence-corrected chi connectivity index (χ3v) is 4.62. The number of imide groups is 1. The van der Waals surface area contributed by atoms with Gasteiger partial charge in [-0.2, -0.15) is 0 Å². The third kappa shape index (κ3) is 3.92. The molecule has 0 N–H and O–H groups in total. The van der Waals surface area contributed by atoms with Gasteiger partial charge in [-0.05, 0) is 41.7 Å². The minimum absolute atomic E-state index is 0.0226.